The number of ether oxygens (including phenoxy) is 1. The molecular weight excluding hydrogens is 534 g/mol. The molecule has 4 aromatic carbocycles. The number of rotatable bonds is 15. The first-order valence-corrected chi connectivity index (χ1v) is 14.7. The van der Waals surface area contributed by atoms with Crippen LogP contribution < -0.4 is 18.1 Å². The Kier molecular flexibility index (Phi) is 11.0. The maximum Gasteiger partial charge on any atom is 0.465 e. The molecule has 7 nitrogen and oxygen atoms in total. The lowest BCUT2D eigenvalue weighted by Crippen LogP contribution is -2.33. The van der Waals surface area contributed by atoms with E-state index < -0.39 is 23.0 Å². The molecule has 1 atom stereocenters. The average molecular weight is 567 g/mol. The third-order valence-corrected chi connectivity index (χ3v) is 7.27. The van der Waals surface area contributed by atoms with Crippen LogP contribution in [0, 0.1) is 0 Å². The molecular formula is C30H32O7P2. The van der Waals surface area contributed by atoms with E-state index in [2.05, 4.69) is 0 Å². The Morgan fingerprint density at radius 3 is 1.23 bits per heavy atom. The summed E-state index contributed by atoms with van der Waals surface area (Å²) in [6.07, 6.45) is -0.367. The van der Waals surface area contributed by atoms with Gasteiger partial charge in [-0.1, -0.05) is 72.8 Å². The minimum Gasteiger partial charge on any atom is -0.418 e. The minimum absolute atomic E-state index is 0.204. The molecule has 0 amide bonds. The van der Waals surface area contributed by atoms with Gasteiger partial charge in [0, 0.05) is 0 Å². The van der Waals surface area contributed by atoms with Crippen molar-refractivity contribution in [1.29, 1.82) is 0 Å². The lowest BCUT2D eigenvalue weighted by Gasteiger charge is -2.31. The lowest BCUT2D eigenvalue weighted by atomic mass is 10.3. The quantitative estimate of drug-likeness (QED) is 0.105. The van der Waals surface area contributed by atoms with Gasteiger partial charge in [-0.15, -0.1) is 0 Å². The third kappa shape index (κ3) is 10.5. The maximum atomic E-state index is 6.20. The van der Waals surface area contributed by atoms with Crippen LogP contribution >= 0.6 is 17.2 Å². The zero-order valence-corrected chi connectivity index (χ0v) is 23.9. The summed E-state index contributed by atoms with van der Waals surface area (Å²) >= 11 is 0. The third-order valence-electron chi connectivity index (χ3n) is 4.89. The zero-order valence-electron chi connectivity index (χ0n) is 22.1. The molecule has 0 fully saturated rings. The molecule has 0 aliphatic carbocycles. The van der Waals surface area contributed by atoms with Gasteiger partial charge in [0.25, 0.3) is 0 Å². The first-order valence-electron chi connectivity index (χ1n) is 12.5. The van der Waals surface area contributed by atoms with Crippen LogP contribution in [0.3, 0.4) is 0 Å². The summed E-state index contributed by atoms with van der Waals surface area (Å²) in [4.78, 5) is 0. The van der Waals surface area contributed by atoms with Crippen LogP contribution in [-0.4, -0.2) is 18.5 Å². The normalized spacial score (nSPS) is 12.2. The Labute approximate surface area is 232 Å². The van der Waals surface area contributed by atoms with Crippen LogP contribution in [0.5, 0.6) is 23.0 Å². The SMILES string of the molecule is CC(COP(Oc1ccccc1)Oc1ccccc1)OC(C)(C)OP(Oc1ccccc1)Oc1ccccc1. The molecule has 0 aliphatic heterocycles. The molecule has 0 saturated carbocycles. The fraction of sp³-hybridized carbons (Fsp3) is 0.200. The van der Waals surface area contributed by atoms with Crippen molar-refractivity contribution in [3.63, 3.8) is 0 Å². The molecule has 0 aliphatic rings. The van der Waals surface area contributed by atoms with Crippen molar-refractivity contribution < 1.29 is 31.9 Å². The van der Waals surface area contributed by atoms with Gasteiger partial charge in [0.2, 0.25) is 0 Å². The summed E-state index contributed by atoms with van der Waals surface area (Å²) < 4.78 is 42.5. The highest BCUT2D eigenvalue weighted by Crippen LogP contribution is 2.46. The maximum absolute atomic E-state index is 6.20. The van der Waals surface area contributed by atoms with Crippen molar-refractivity contribution in [3.8, 4) is 23.0 Å². The van der Waals surface area contributed by atoms with E-state index in [0.29, 0.717) is 23.0 Å². The standard InChI is InChI=1S/C30H32O7P2/c1-25(24-31-38(33-26-16-8-4-9-17-26)34-27-18-10-5-11-19-27)32-30(2,3)37-39(35-28-20-12-6-13-21-28)36-29-22-14-7-15-23-29/h4-23,25H,24H2,1-3H3. The second-order valence-corrected chi connectivity index (χ2v) is 10.8. The highest BCUT2D eigenvalue weighted by atomic mass is 31.2. The second kappa shape index (κ2) is 14.8. The minimum atomic E-state index is -1.83. The number of para-hydroxylation sites is 4. The Morgan fingerprint density at radius 1 is 0.538 bits per heavy atom. The fourth-order valence-corrected chi connectivity index (χ4v) is 5.45. The average Bonchev–Trinajstić information content (AvgIpc) is 2.93. The summed E-state index contributed by atoms with van der Waals surface area (Å²) in [5.74, 6) is 1.51. The van der Waals surface area contributed by atoms with Crippen molar-refractivity contribution in [2.45, 2.75) is 32.7 Å². The van der Waals surface area contributed by atoms with Crippen molar-refractivity contribution in [2.24, 2.45) is 0 Å². The van der Waals surface area contributed by atoms with Gasteiger partial charge in [-0.3, -0.25) is 9.05 Å². The highest BCUT2D eigenvalue weighted by Gasteiger charge is 2.32. The fourth-order valence-electron chi connectivity index (χ4n) is 3.28. The molecule has 0 heterocycles. The van der Waals surface area contributed by atoms with E-state index in [1.165, 1.54) is 0 Å². The first kappa shape index (κ1) is 28.8. The Bertz CT molecular complexity index is 1130. The van der Waals surface area contributed by atoms with Gasteiger partial charge in [0.15, 0.2) is 5.79 Å². The largest absolute Gasteiger partial charge is 0.465 e. The number of hydrogen-bond acceptors (Lipinski definition) is 7. The van der Waals surface area contributed by atoms with Crippen LogP contribution in [0.1, 0.15) is 20.8 Å². The summed E-state index contributed by atoms with van der Waals surface area (Å²) in [5.41, 5.74) is 0. The molecule has 4 aromatic rings. The Balaban J connectivity index is 1.36. The molecule has 1 unspecified atom stereocenters. The predicted molar refractivity (Wildman–Crippen MR) is 154 cm³/mol. The van der Waals surface area contributed by atoms with Gasteiger partial charge in [0.1, 0.15) is 23.0 Å². The van der Waals surface area contributed by atoms with Crippen LogP contribution in [0.15, 0.2) is 121 Å². The van der Waals surface area contributed by atoms with E-state index in [4.69, 9.17) is 31.9 Å². The van der Waals surface area contributed by atoms with Crippen LogP contribution in [0.2, 0.25) is 0 Å². The van der Waals surface area contributed by atoms with E-state index in [-0.39, 0.29) is 12.7 Å². The summed E-state index contributed by atoms with van der Waals surface area (Å²) in [6.45, 7) is 5.72. The molecule has 4 rings (SSSR count). The number of benzene rings is 4. The van der Waals surface area contributed by atoms with Gasteiger partial charge in [-0.05, 0) is 69.3 Å². The smallest absolute Gasteiger partial charge is 0.418 e. The van der Waals surface area contributed by atoms with Gasteiger partial charge in [-0.2, -0.15) is 0 Å². The first-order chi connectivity index (χ1) is 18.9. The Morgan fingerprint density at radius 2 is 0.872 bits per heavy atom. The van der Waals surface area contributed by atoms with Gasteiger partial charge < -0.3 is 22.8 Å². The lowest BCUT2D eigenvalue weighted by molar-refractivity contribution is -0.191. The molecule has 9 heteroatoms. The van der Waals surface area contributed by atoms with Crippen LogP contribution in [0.4, 0.5) is 0 Å². The molecule has 0 spiro atoms. The summed E-state index contributed by atoms with van der Waals surface area (Å²) in [5, 5.41) is 0. The molecule has 0 bridgehead atoms. The monoisotopic (exact) mass is 566 g/mol. The van der Waals surface area contributed by atoms with E-state index in [9.17, 15) is 0 Å². The second-order valence-electron chi connectivity index (χ2n) is 8.78. The molecule has 204 valence electrons. The van der Waals surface area contributed by atoms with Crippen molar-refractivity contribution in [1.82, 2.24) is 0 Å². The van der Waals surface area contributed by atoms with Crippen molar-refractivity contribution in [3.05, 3.63) is 121 Å². The van der Waals surface area contributed by atoms with Crippen LogP contribution in [-0.2, 0) is 13.8 Å². The number of hydrogen-bond donors (Lipinski definition) is 0. The molecule has 0 aromatic heterocycles. The summed E-state index contributed by atoms with van der Waals surface area (Å²) in [6, 6.07) is 37.6. The summed E-state index contributed by atoms with van der Waals surface area (Å²) in [7, 11) is -3.57. The molecule has 0 radical (unpaired) electrons. The van der Waals surface area contributed by atoms with E-state index in [0.717, 1.165) is 0 Å². The van der Waals surface area contributed by atoms with Gasteiger partial charge in [-0.25, -0.2) is 0 Å². The highest BCUT2D eigenvalue weighted by molar-refractivity contribution is 7.42. The van der Waals surface area contributed by atoms with Gasteiger partial charge >= 0.3 is 17.2 Å². The molecule has 0 saturated heterocycles. The topological polar surface area (TPSA) is 64.6 Å². The Hall–Kier alpha value is -3.18. The molecule has 0 N–H and O–H groups in total. The predicted octanol–water partition coefficient (Wildman–Crippen LogP) is 8.93. The van der Waals surface area contributed by atoms with Crippen molar-refractivity contribution in [2.75, 3.05) is 6.61 Å². The van der Waals surface area contributed by atoms with Gasteiger partial charge in [0.05, 0.1) is 12.7 Å². The van der Waals surface area contributed by atoms with E-state index in [1.54, 1.807) is 0 Å². The van der Waals surface area contributed by atoms with Crippen LogP contribution in [0.25, 0.3) is 0 Å². The zero-order chi connectivity index (χ0) is 27.3. The van der Waals surface area contributed by atoms with E-state index >= 15 is 0 Å². The van der Waals surface area contributed by atoms with E-state index in [1.807, 2.05) is 142 Å². The van der Waals surface area contributed by atoms with Crippen molar-refractivity contribution >= 4 is 17.2 Å². The molecule has 39 heavy (non-hydrogen) atoms.